The molecular formula is C16H21ClF5IN4O2. The van der Waals surface area contributed by atoms with E-state index in [9.17, 15) is 26.7 Å². The smallest absolute Gasteiger partial charge is 0.406 e. The van der Waals surface area contributed by atoms with Crippen LogP contribution in [0.15, 0.2) is 23.2 Å². The molecule has 0 radical (unpaired) electrons. The third-order valence-electron chi connectivity index (χ3n) is 3.24. The Morgan fingerprint density at radius 3 is 2.52 bits per heavy atom. The molecule has 29 heavy (non-hydrogen) atoms. The van der Waals surface area contributed by atoms with E-state index in [1.54, 1.807) is 6.92 Å². The molecule has 0 bridgehead atoms. The molecule has 0 saturated carbocycles. The van der Waals surface area contributed by atoms with Gasteiger partial charge in [0.2, 0.25) is 5.91 Å². The van der Waals surface area contributed by atoms with E-state index in [4.69, 9.17) is 11.6 Å². The van der Waals surface area contributed by atoms with E-state index in [1.807, 2.05) is 0 Å². The number of hydrogen-bond donors (Lipinski definition) is 2. The Kier molecular flexibility index (Phi) is 12.2. The van der Waals surface area contributed by atoms with Crippen LogP contribution in [0.4, 0.5) is 22.0 Å². The quantitative estimate of drug-likeness (QED) is 0.221. The summed E-state index contributed by atoms with van der Waals surface area (Å²) in [5.41, 5.74) is 0.269. The van der Waals surface area contributed by atoms with Crippen LogP contribution in [0.1, 0.15) is 12.5 Å². The fourth-order valence-electron chi connectivity index (χ4n) is 2.04. The van der Waals surface area contributed by atoms with Crippen molar-refractivity contribution in [3.8, 4) is 5.75 Å². The topological polar surface area (TPSA) is 66.0 Å². The first-order chi connectivity index (χ1) is 13.0. The molecular weight excluding hydrogens is 538 g/mol. The number of amides is 1. The number of benzene rings is 1. The maximum Gasteiger partial charge on any atom is 0.406 e. The summed E-state index contributed by atoms with van der Waals surface area (Å²) >= 11 is 5.86. The van der Waals surface area contributed by atoms with Gasteiger partial charge in [0.25, 0.3) is 0 Å². The van der Waals surface area contributed by atoms with Gasteiger partial charge in [-0.3, -0.25) is 4.79 Å². The largest absolute Gasteiger partial charge is 0.434 e. The van der Waals surface area contributed by atoms with E-state index in [0.29, 0.717) is 11.4 Å². The Balaban J connectivity index is 0.00000784. The Labute approximate surface area is 186 Å². The van der Waals surface area contributed by atoms with Crippen LogP contribution in [-0.2, 0) is 11.3 Å². The number of nitrogens with one attached hydrogen (secondary N) is 2. The molecule has 0 atom stereocenters. The summed E-state index contributed by atoms with van der Waals surface area (Å²) in [6.45, 7) is -2.83. The molecule has 0 spiro atoms. The van der Waals surface area contributed by atoms with E-state index >= 15 is 0 Å². The Hall–Kier alpha value is -1.57. The number of carbonyl (C=O) groups excluding carboxylic acids is 1. The summed E-state index contributed by atoms with van der Waals surface area (Å²) in [4.78, 5) is 16.4. The molecule has 1 aromatic rings. The summed E-state index contributed by atoms with van der Waals surface area (Å²) in [5.74, 6) is -0.799. The van der Waals surface area contributed by atoms with Crippen LogP contribution in [0, 0.1) is 0 Å². The molecule has 0 saturated heterocycles. The van der Waals surface area contributed by atoms with Crippen molar-refractivity contribution in [3.63, 3.8) is 0 Å². The predicted molar refractivity (Wildman–Crippen MR) is 110 cm³/mol. The fourth-order valence-corrected chi connectivity index (χ4v) is 2.23. The SMILES string of the molecule is CCNC(=NCc1cc(Cl)ccc1OC(F)F)NCC(=O)N(C)CC(F)(F)F.I. The monoisotopic (exact) mass is 558 g/mol. The van der Waals surface area contributed by atoms with Gasteiger partial charge in [0, 0.05) is 24.2 Å². The van der Waals surface area contributed by atoms with Crippen molar-refractivity contribution in [2.24, 2.45) is 4.99 Å². The Bertz CT molecular complexity index is 692. The average Bonchev–Trinajstić information content (AvgIpc) is 2.57. The molecule has 0 aliphatic rings. The number of carbonyl (C=O) groups is 1. The van der Waals surface area contributed by atoms with Crippen LogP contribution in [0.5, 0.6) is 5.75 Å². The number of likely N-dealkylation sites (N-methyl/N-ethyl adjacent to an activating group) is 1. The van der Waals surface area contributed by atoms with Crippen molar-refractivity contribution in [1.29, 1.82) is 0 Å². The second-order valence-corrected chi connectivity index (χ2v) is 5.98. The predicted octanol–water partition coefficient (Wildman–Crippen LogP) is 3.64. The van der Waals surface area contributed by atoms with Gasteiger partial charge >= 0.3 is 12.8 Å². The maximum atomic E-state index is 12.5. The van der Waals surface area contributed by atoms with Crippen LogP contribution in [-0.4, -0.2) is 56.2 Å². The van der Waals surface area contributed by atoms with Gasteiger partial charge in [0.15, 0.2) is 5.96 Å². The van der Waals surface area contributed by atoms with E-state index in [-0.39, 0.29) is 52.8 Å². The molecule has 0 heterocycles. The zero-order valence-electron chi connectivity index (χ0n) is 15.5. The molecule has 0 aliphatic carbocycles. The number of alkyl halides is 5. The third-order valence-corrected chi connectivity index (χ3v) is 3.47. The number of rotatable bonds is 8. The molecule has 0 aliphatic heterocycles. The maximum absolute atomic E-state index is 12.5. The number of hydrogen-bond acceptors (Lipinski definition) is 3. The Morgan fingerprint density at radius 2 is 1.97 bits per heavy atom. The molecule has 6 nitrogen and oxygen atoms in total. The van der Waals surface area contributed by atoms with Gasteiger partial charge in [-0.25, -0.2) is 4.99 Å². The van der Waals surface area contributed by atoms with Crippen molar-refractivity contribution >= 4 is 47.4 Å². The van der Waals surface area contributed by atoms with Gasteiger partial charge in [0.1, 0.15) is 12.3 Å². The minimum absolute atomic E-state index is 0. The zero-order chi connectivity index (χ0) is 21.3. The van der Waals surface area contributed by atoms with Gasteiger partial charge < -0.3 is 20.3 Å². The normalized spacial score (nSPS) is 11.7. The first-order valence-electron chi connectivity index (χ1n) is 8.08. The van der Waals surface area contributed by atoms with Crippen LogP contribution in [0.2, 0.25) is 5.02 Å². The first kappa shape index (κ1) is 27.4. The number of halogens is 7. The summed E-state index contributed by atoms with van der Waals surface area (Å²) in [7, 11) is 1.03. The highest BCUT2D eigenvalue weighted by Crippen LogP contribution is 2.25. The summed E-state index contributed by atoms with van der Waals surface area (Å²) in [5, 5.41) is 5.67. The van der Waals surface area contributed by atoms with Crippen LogP contribution in [0.3, 0.4) is 0 Å². The zero-order valence-corrected chi connectivity index (χ0v) is 18.6. The standard InChI is InChI=1S/C16H20ClF5N4O2.HI/c1-3-23-15(25-8-13(27)26(2)9-16(20,21)22)24-7-10-6-11(17)4-5-12(10)28-14(18)19;/h4-6,14H,3,7-9H2,1-2H3,(H2,23,24,25);1H. The molecule has 0 aromatic heterocycles. The lowest BCUT2D eigenvalue weighted by atomic mass is 10.2. The van der Waals surface area contributed by atoms with E-state index in [1.165, 1.54) is 18.2 Å². The highest BCUT2D eigenvalue weighted by atomic mass is 127. The van der Waals surface area contributed by atoms with Gasteiger partial charge in [-0.2, -0.15) is 22.0 Å². The van der Waals surface area contributed by atoms with Crippen molar-refractivity contribution in [2.75, 3.05) is 26.7 Å². The summed E-state index contributed by atoms with van der Waals surface area (Å²) in [6.07, 6.45) is -4.50. The minimum Gasteiger partial charge on any atom is -0.434 e. The highest BCUT2D eigenvalue weighted by Gasteiger charge is 2.31. The summed E-state index contributed by atoms with van der Waals surface area (Å²) in [6, 6.07) is 4.05. The van der Waals surface area contributed by atoms with Crippen LogP contribution >= 0.6 is 35.6 Å². The van der Waals surface area contributed by atoms with Crippen LogP contribution in [0.25, 0.3) is 0 Å². The average molecular weight is 559 g/mol. The lowest BCUT2D eigenvalue weighted by Gasteiger charge is -2.20. The van der Waals surface area contributed by atoms with Crippen LogP contribution < -0.4 is 15.4 Å². The number of nitrogens with zero attached hydrogens (tertiary/aromatic N) is 2. The molecule has 1 rings (SSSR count). The van der Waals surface area contributed by atoms with Gasteiger partial charge in [-0.05, 0) is 25.1 Å². The van der Waals surface area contributed by atoms with Gasteiger partial charge in [-0.1, -0.05) is 11.6 Å². The minimum atomic E-state index is -4.50. The lowest BCUT2D eigenvalue weighted by molar-refractivity contribution is -0.157. The summed E-state index contributed by atoms with van der Waals surface area (Å²) < 4.78 is 66.4. The number of guanidine groups is 1. The fraction of sp³-hybridized carbons (Fsp3) is 0.500. The molecule has 1 aromatic carbocycles. The second-order valence-electron chi connectivity index (χ2n) is 5.54. The van der Waals surface area contributed by atoms with Gasteiger partial charge in [0.05, 0.1) is 13.1 Å². The number of ether oxygens (including phenoxy) is 1. The molecule has 13 heteroatoms. The van der Waals surface area contributed by atoms with Gasteiger partial charge in [-0.15, -0.1) is 24.0 Å². The van der Waals surface area contributed by atoms with Crippen molar-refractivity contribution in [2.45, 2.75) is 26.3 Å². The third kappa shape index (κ3) is 11.3. The van der Waals surface area contributed by atoms with Crippen molar-refractivity contribution in [3.05, 3.63) is 28.8 Å². The van der Waals surface area contributed by atoms with E-state index < -0.39 is 31.8 Å². The Morgan fingerprint density at radius 1 is 1.31 bits per heavy atom. The van der Waals surface area contributed by atoms with E-state index in [2.05, 4.69) is 20.4 Å². The molecule has 2 N–H and O–H groups in total. The molecule has 0 unspecified atom stereocenters. The van der Waals surface area contributed by atoms with Crippen molar-refractivity contribution < 1.29 is 31.5 Å². The lowest BCUT2D eigenvalue weighted by Crippen LogP contribution is -2.45. The number of aliphatic imine (C=N–C) groups is 1. The molecule has 1 amide bonds. The van der Waals surface area contributed by atoms with Crippen molar-refractivity contribution in [1.82, 2.24) is 15.5 Å². The first-order valence-corrected chi connectivity index (χ1v) is 8.45. The molecule has 166 valence electrons. The highest BCUT2D eigenvalue weighted by molar-refractivity contribution is 14.0. The molecule has 0 fully saturated rings. The second kappa shape index (κ2) is 12.9. The van der Waals surface area contributed by atoms with E-state index in [0.717, 1.165) is 7.05 Å².